The van der Waals surface area contributed by atoms with Crippen molar-refractivity contribution in [2.24, 2.45) is 0 Å². The largest absolute Gasteiger partial charge is 0.486 e. The number of nitro benzene ring substituents is 1. The second-order valence-corrected chi connectivity index (χ2v) is 9.11. The quantitative estimate of drug-likeness (QED) is 0.282. The predicted octanol–water partition coefficient (Wildman–Crippen LogP) is 3.89. The summed E-state index contributed by atoms with van der Waals surface area (Å²) in [6.07, 6.45) is 3.27. The Morgan fingerprint density at radius 3 is 2.68 bits per heavy atom. The number of thioether (sulfide) groups is 1. The summed E-state index contributed by atoms with van der Waals surface area (Å²) in [5.74, 6) is -0.0558. The Labute approximate surface area is 214 Å². The number of imide groups is 1. The number of nitro groups is 1. The minimum atomic E-state index is -0.592. The third-order valence-corrected chi connectivity index (χ3v) is 6.58. The molecule has 5 rings (SSSR count). The van der Waals surface area contributed by atoms with Gasteiger partial charge in [0.2, 0.25) is 5.91 Å². The predicted molar refractivity (Wildman–Crippen MR) is 135 cm³/mol. The summed E-state index contributed by atoms with van der Waals surface area (Å²) in [6, 6.07) is 14.8. The summed E-state index contributed by atoms with van der Waals surface area (Å²) >= 11 is 0.730. The molecule has 0 aliphatic carbocycles. The Bertz CT molecular complexity index is 1450. The van der Waals surface area contributed by atoms with E-state index in [1.807, 2.05) is 0 Å². The smallest absolute Gasteiger partial charge is 0.294 e. The number of hydrogen-bond acceptors (Lipinski definition) is 8. The van der Waals surface area contributed by atoms with E-state index in [0.29, 0.717) is 41.7 Å². The molecule has 188 valence electrons. The maximum atomic E-state index is 12.9. The van der Waals surface area contributed by atoms with Crippen LogP contribution in [-0.2, 0) is 16.1 Å². The molecule has 2 aromatic carbocycles. The average molecular weight is 521 g/mol. The zero-order chi connectivity index (χ0) is 25.9. The second-order valence-electron chi connectivity index (χ2n) is 8.12. The van der Waals surface area contributed by atoms with Crippen molar-refractivity contribution in [1.29, 1.82) is 0 Å². The molecule has 1 fully saturated rings. The van der Waals surface area contributed by atoms with Crippen LogP contribution in [0.25, 0.3) is 6.08 Å². The van der Waals surface area contributed by atoms with E-state index in [-0.39, 0.29) is 17.1 Å². The number of nitrogens with zero attached hydrogens (tertiary/aromatic N) is 3. The molecular formula is C25H20N4O7S. The average Bonchev–Trinajstić information content (AvgIpc) is 3.43. The molecule has 1 aromatic heterocycles. The van der Waals surface area contributed by atoms with E-state index in [2.05, 4.69) is 5.32 Å². The van der Waals surface area contributed by atoms with Gasteiger partial charge in [0.25, 0.3) is 16.8 Å². The number of nitrogens with one attached hydrogen (secondary N) is 1. The van der Waals surface area contributed by atoms with E-state index in [1.54, 1.807) is 65.4 Å². The van der Waals surface area contributed by atoms with Gasteiger partial charge in [-0.25, -0.2) is 0 Å². The van der Waals surface area contributed by atoms with Crippen LogP contribution in [0.15, 0.2) is 65.7 Å². The number of amides is 3. The monoisotopic (exact) mass is 520 g/mol. The van der Waals surface area contributed by atoms with Gasteiger partial charge in [-0.15, -0.1) is 0 Å². The van der Waals surface area contributed by atoms with E-state index in [4.69, 9.17) is 9.47 Å². The Balaban J connectivity index is 1.27. The Hall–Kier alpha value is -4.58. The van der Waals surface area contributed by atoms with E-state index in [9.17, 15) is 24.5 Å². The van der Waals surface area contributed by atoms with Gasteiger partial charge in [-0.2, -0.15) is 0 Å². The first-order valence-electron chi connectivity index (χ1n) is 11.2. The van der Waals surface area contributed by atoms with Crippen LogP contribution in [0.1, 0.15) is 11.3 Å². The lowest BCUT2D eigenvalue weighted by atomic mass is 10.2. The lowest BCUT2D eigenvalue weighted by molar-refractivity contribution is -0.385. The Morgan fingerprint density at radius 2 is 1.86 bits per heavy atom. The molecule has 11 nitrogen and oxygen atoms in total. The van der Waals surface area contributed by atoms with Crippen LogP contribution in [0.5, 0.6) is 11.5 Å². The van der Waals surface area contributed by atoms with Crippen molar-refractivity contribution in [3.8, 4) is 11.5 Å². The SMILES string of the molecule is O=C(CN1C(=O)S/C(=C/c2cccn2Cc2ccccc2[N+](=O)[O-])C1=O)Nc1ccc2c(c1)OCCO2. The molecule has 0 unspecified atom stereocenters. The summed E-state index contributed by atoms with van der Waals surface area (Å²) in [7, 11) is 0. The molecule has 2 aliphatic rings. The number of rotatable bonds is 7. The number of carbonyl (C=O) groups is 3. The Morgan fingerprint density at radius 1 is 1.08 bits per heavy atom. The number of carbonyl (C=O) groups excluding carboxylic acids is 3. The molecule has 0 bridgehead atoms. The first kappa shape index (κ1) is 24.1. The summed E-state index contributed by atoms with van der Waals surface area (Å²) < 4.78 is 12.7. The van der Waals surface area contributed by atoms with Gasteiger partial charge in [0.05, 0.1) is 16.4 Å². The highest BCUT2D eigenvalue weighted by molar-refractivity contribution is 8.18. The molecular weight excluding hydrogens is 500 g/mol. The zero-order valence-electron chi connectivity index (χ0n) is 19.3. The standard InChI is InChI=1S/C25H20N4O7S/c30-23(26-17-7-8-20-21(12-17)36-11-10-35-20)15-28-24(31)22(37-25(28)32)13-18-5-3-9-27(18)14-16-4-1-2-6-19(16)29(33)34/h1-9,12-13H,10-11,14-15H2,(H,26,30)/b22-13+. The molecule has 3 heterocycles. The second kappa shape index (κ2) is 10.2. The summed E-state index contributed by atoms with van der Waals surface area (Å²) in [4.78, 5) is 50.0. The summed E-state index contributed by atoms with van der Waals surface area (Å²) in [5.41, 5.74) is 1.53. The van der Waals surface area contributed by atoms with Gasteiger partial charge >= 0.3 is 0 Å². The maximum absolute atomic E-state index is 12.9. The van der Waals surface area contributed by atoms with Crippen LogP contribution in [-0.4, -0.2) is 51.2 Å². The van der Waals surface area contributed by atoms with Crippen molar-refractivity contribution in [2.45, 2.75) is 6.54 Å². The van der Waals surface area contributed by atoms with Crippen molar-refractivity contribution in [3.05, 3.63) is 87.1 Å². The number of anilines is 1. The molecule has 12 heteroatoms. The number of benzene rings is 2. The molecule has 0 saturated carbocycles. The van der Waals surface area contributed by atoms with Crippen LogP contribution in [0, 0.1) is 10.1 Å². The molecule has 0 spiro atoms. The molecule has 0 radical (unpaired) electrons. The first-order chi connectivity index (χ1) is 17.9. The molecule has 2 aliphatic heterocycles. The number of aromatic nitrogens is 1. The third kappa shape index (κ3) is 5.19. The van der Waals surface area contributed by atoms with Crippen molar-refractivity contribution < 1.29 is 28.8 Å². The van der Waals surface area contributed by atoms with Gasteiger partial charge in [-0.3, -0.25) is 29.4 Å². The molecule has 3 amide bonds. The molecule has 37 heavy (non-hydrogen) atoms. The van der Waals surface area contributed by atoms with E-state index >= 15 is 0 Å². The summed E-state index contributed by atoms with van der Waals surface area (Å²) in [5, 5.41) is 13.4. The lowest BCUT2D eigenvalue weighted by Crippen LogP contribution is -2.36. The van der Waals surface area contributed by atoms with Crippen molar-refractivity contribution in [2.75, 3.05) is 25.1 Å². The van der Waals surface area contributed by atoms with Gasteiger partial charge in [-0.1, -0.05) is 18.2 Å². The van der Waals surface area contributed by atoms with Crippen molar-refractivity contribution >= 4 is 46.3 Å². The van der Waals surface area contributed by atoms with Crippen LogP contribution in [0.2, 0.25) is 0 Å². The fraction of sp³-hybridized carbons (Fsp3) is 0.160. The van der Waals surface area contributed by atoms with Crippen LogP contribution >= 0.6 is 11.8 Å². The highest BCUT2D eigenvalue weighted by atomic mass is 32.2. The van der Waals surface area contributed by atoms with Crippen LogP contribution in [0.3, 0.4) is 0 Å². The zero-order valence-corrected chi connectivity index (χ0v) is 20.1. The van der Waals surface area contributed by atoms with Gasteiger partial charge in [0, 0.05) is 35.3 Å². The van der Waals surface area contributed by atoms with E-state index in [1.165, 1.54) is 6.07 Å². The molecule has 1 saturated heterocycles. The third-order valence-electron chi connectivity index (χ3n) is 5.67. The summed E-state index contributed by atoms with van der Waals surface area (Å²) in [6.45, 7) is 0.604. The normalized spacial score (nSPS) is 15.8. The fourth-order valence-corrected chi connectivity index (χ4v) is 4.77. The number of fused-ring (bicyclic) bond motifs is 1. The highest BCUT2D eigenvalue weighted by Crippen LogP contribution is 2.34. The van der Waals surface area contributed by atoms with E-state index < -0.39 is 28.5 Å². The van der Waals surface area contributed by atoms with Crippen LogP contribution in [0.4, 0.5) is 16.2 Å². The van der Waals surface area contributed by atoms with Crippen molar-refractivity contribution in [3.63, 3.8) is 0 Å². The van der Waals surface area contributed by atoms with Gasteiger partial charge < -0.3 is 19.4 Å². The Kier molecular flexibility index (Phi) is 6.64. The van der Waals surface area contributed by atoms with E-state index in [0.717, 1.165) is 16.7 Å². The minimum Gasteiger partial charge on any atom is -0.486 e. The highest BCUT2D eigenvalue weighted by Gasteiger charge is 2.36. The molecule has 3 aromatic rings. The number of hydrogen-bond donors (Lipinski definition) is 1. The van der Waals surface area contributed by atoms with Crippen molar-refractivity contribution in [1.82, 2.24) is 9.47 Å². The fourth-order valence-electron chi connectivity index (χ4n) is 3.94. The first-order valence-corrected chi connectivity index (χ1v) is 12.0. The lowest BCUT2D eigenvalue weighted by Gasteiger charge is -2.19. The van der Waals surface area contributed by atoms with Gasteiger partial charge in [0.15, 0.2) is 11.5 Å². The van der Waals surface area contributed by atoms with Gasteiger partial charge in [-0.05, 0) is 42.1 Å². The van der Waals surface area contributed by atoms with Gasteiger partial charge in [0.1, 0.15) is 19.8 Å². The molecule has 1 N–H and O–H groups in total. The number of ether oxygens (including phenoxy) is 2. The van der Waals surface area contributed by atoms with Crippen LogP contribution < -0.4 is 14.8 Å². The minimum absolute atomic E-state index is 0.00787. The molecule has 0 atom stereocenters. The topological polar surface area (TPSA) is 133 Å². The maximum Gasteiger partial charge on any atom is 0.294 e. The number of para-hydroxylation sites is 1.